The number of carbonyl (C=O) groups is 1. The summed E-state index contributed by atoms with van der Waals surface area (Å²) < 4.78 is 0. The van der Waals surface area contributed by atoms with Gasteiger partial charge in [0.25, 0.3) is 0 Å². The van der Waals surface area contributed by atoms with Crippen molar-refractivity contribution in [3.8, 4) is 0 Å². The van der Waals surface area contributed by atoms with E-state index in [2.05, 4.69) is 46.0 Å². The molecule has 0 saturated heterocycles. The fraction of sp³-hybridized carbons (Fsp3) is 0.812. The Kier molecular flexibility index (Phi) is 5.19. The van der Waals surface area contributed by atoms with Crippen LogP contribution in [0.4, 0.5) is 0 Å². The van der Waals surface area contributed by atoms with Crippen molar-refractivity contribution in [2.75, 3.05) is 6.54 Å². The summed E-state index contributed by atoms with van der Waals surface area (Å²) in [6, 6.07) is 0. The fourth-order valence-corrected chi connectivity index (χ4v) is 2.90. The lowest BCUT2D eigenvalue weighted by molar-refractivity contribution is -0.123. The third-order valence-electron chi connectivity index (χ3n) is 4.07. The molecule has 1 aliphatic rings. The van der Waals surface area contributed by atoms with Gasteiger partial charge in [0.1, 0.15) is 0 Å². The summed E-state index contributed by atoms with van der Waals surface area (Å²) in [6.07, 6.45) is 2.64. The van der Waals surface area contributed by atoms with E-state index in [9.17, 15) is 9.90 Å². The number of aliphatic hydroxyl groups is 1. The molecular formula is C16H29NO2. The largest absolute Gasteiger partial charge is 0.393 e. The Morgan fingerprint density at radius 3 is 2.42 bits per heavy atom. The number of hydrogen-bond donors (Lipinski definition) is 2. The van der Waals surface area contributed by atoms with E-state index in [-0.39, 0.29) is 23.3 Å². The second kappa shape index (κ2) is 6.08. The lowest BCUT2D eigenvalue weighted by Gasteiger charge is -2.14. The molecule has 3 heteroatoms. The molecule has 0 spiro atoms. The highest BCUT2D eigenvalue weighted by atomic mass is 16.3. The Morgan fingerprint density at radius 2 is 1.95 bits per heavy atom. The average Bonchev–Trinajstić information content (AvgIpc) is 2.75. The summed E-state index contributed by atoms with van der Waals surface area (Å²) in [4.78, 5) is 12.2. The number of amides is 1. The first-order valence-electron chi connectivity index (χ1n) is 7.27. The van der Waals surface area contributed by atoms with Crippen LogP contribution in [-0.4, -0.2) is 23.7 Å². The lowest BCUT2D eigenvalue weighted by atomic mass is 10.0. The van der Waals surface area contributed by atoms with Crippen LogP contribution in [0.25, 0.3) is 0 Å². The topological polar surface area (TPSA) is 49.3 Å². The van der Waals surface area contributed by atoms with E-state index in [1.54, 1.807) is 6.92 Å². The summed E-state index contributed by atoms with van der Waals surface area (Å²) in [5.41, 5.74) is 1.35. The molecule has 0 aliphatic heterocycles. The van der Waals surface area contributed by atoms with Crippen LogP contribution in [0.5, 0.6) is 0 Å². The maximum atomic E-state index is 12.2. The molecule has 3 nitrogen and oxygen atoms in total. The molecule has 1 aliphatic carbocycles. The zero-order chi connectivity index (χ0) is 14.8. The summed E-state index contributed by atoms with van der Waals surface area (Å²) in [5, 5.41) is 12.3. The van der Waals surface area contributed by atoms with Crippen LogP contribution in [0, 0.1) is 23.2 Å². The second-order valence-corrected chi connectivity index (χ2v) is 7.00. The summed E-state index contributed by atoms with van der Waals surface area (Å²) in [5.74, 6) is 0.934. The van der Waals surface area contributed by atoms with Crippen LogP contribution in [0.3, 0.4) is 0 Å². The van der Waals surface area contributed by atoms with Crippen molar-refractivity contribution in [2.45, 2.75) is 54.1 Å². The summed E-state index contributed by atoms with van der Waals surface area (Å²) in [7, 11) is 0. The van der Waals surface area contributed by atoms with Crippen molar-refractivity contribution in [2.24, 2.45) is 23.2 Å². The van der Waals surface area contributed by atoms with Gasteiger partial charge in [-0.1, -0.05) is 32.4 Å². The average molecular weight is 267 g/mol. The maximum absolute atomic E-state index is 12.2. The Labute approximate surface area is 117 Å². The normalized spacial score (nSPS) is 27.3. The minimum atomic E-state index is -0.303. The predicted molar refractivity (Wildman–Crippen MR) is 78.7 cm³/mol. The molecule has 110 valence electrons. The van der Waals surface area contributed by atoms with Crippen LogP contribution in [0.15, 0.2) is 11.6 Å². The molecule has 2 N–H and O–H groups in total. The molecule has 1 saturated carbocycles. The van der Waals surface area contributed by atoms with Gasteiger partial charge in [0, 0.05) is 6.54 Å². The van der Waals surface area contributed by atoms with Crippen LogP contribution < -0.4 is 5.32 Å². The smallest absolute Gasteiger partial charge is 0.224 e. The Hall–Kier alpha value is -0.830. The second-order valence-electron chi connectivity index (χ2n) is 7.00. The van der Waals surface area contributed by atoms with E-state index in [0.717, 1.165) is 6.42 Å². The molecule has 0 radical (unpaired) electrons. The predicted octanol–water partition coefficient (Wildman–Crippen LogP) is 2.75. The van der Waals surface area contributed by atoms with Gasteiger partial charge in [-0.2, -0.15) is 0 Å². The van der Waals surface area contributed by atoms with Gasteiger partial charge < -0.3 is 10.4 Å². The van der Waals surface area contributed by atoms with E-state index in [0.29, 0.717) is 18.4 Å². The number of allylic oxidation sites excluding steroid dienone is 2. The molecule has 4 unspecified atom stereocenters. The first-order valence-corrected chi connectivity index (χ1v) is 7.27. The van der Waals surface area contributed by atoms with Gasteiger partial charge in [-0.05, 0) is 44.4 Å². The van der Waals surface area contributed by atoms with Gasteiger partial charge in [0.2, 0.25) is 5.91 Å². The van der Waals surface area contributed by atoms with E-state index >= 15 is 0 Å². The SMILES string of the molecule is CC(C)=CC1C(C(=O)NCC(C)CC(C)O)C1(C)C. The van der Waals surface area contributed by atoms with E-state index in [1.807, 2.05) is 0 Å². The van der Waals surface area contributed by atoms with Gasteiger partial charge in [-0.25, -0.2) is 0 Å². The van der Waals surface area contributed by atoms with Crippen LogP contribution >= 0.6 is 0 Å². The first kappa shape index (κ1) is 16.2. The summed E-state index contributed by atoms with van der Waals surface area (Å²) >= 11 is 0. The zero-order valence-corrected chi connectivity index (χ0v) is 13.2. The van der Waals surface area contributed by atoms with Crippen molar-refractivity contribution in [1.82, 2.24) is 5.32 Å². The number of rotatable bonds is 6. The molecule has 19 heavy (non-hydrogen) atoms. The molecule has 1 rings (SSSR count). The Morgan fingerprint density at radius 1 is 1.37 bits per heavy atom. The lowest BCUT2D eigenvalue weighted by Crippen LogP contribution is -2.31. The van der Waals surface area contributed by atoms with Gasteiger partial charge in [-0.15, -0.1) is 0 Å². The molecule has 0 bridgehead atoms. The third-order valence-corrected chi connectivity index (χ3v) is 4.07. The highest BCUT2D eigenvalue weighted by Gasteiger charge is 2.60. The van der Waals surface area contributed by atoms with Crippen molar-refractivity contribution >= 4 is 5.91 Å². The number of hydrogen-bond acceptors (Lipinski definition) is 2. The van der Waals surface area contributed by atoms with E-state index in [1.165, 1.54) is 5.57 Å². The number of nitrogens with one attached hydrogen (secondary N) is 1. The molecule has 0 aromatic carbocycles. The highest BCUT2D eigenvalue weighted by Crippen LogP contribution is 2.59. The van der Waals surface area contributed by atoms with Crippen LogP contribution in [-0.2, 0) is 4.79 Å². The highest BCUT2D eigenvalue weighted by molar-refractivity contribution is 5.83. The number of aliphatic hydroxyl groups excluding tert-OH is 1. The molecule has 0 aromatic rings. The molecular weight excluding hydrogens is 238 g/mol. The first-order chi connectivity index (χ1) is 8.66. The van der Waals surface area contributed by atoms with Crippen LogP contribution in [0.1, 0.15) is 48.0 Å². The molecule has 1 amide bonds. The van der Waals surface area contributed by atoms with Crippen molar-refractivity contribution in [3.63, 3.8) is 0 Å². The van der Waals surface area contributed by atoms with E-state index in [4.69, 9.17) is 0 Å². The summed E-state index contributed by atoms with van der Waals surface area (Å²) in [6.45, 7) is 13.0. The van der Waals surface area contributed by atoms with Crippen molar-refractivity contribution < 1.29 is 9.90 Å². The molecule has 1 fully saturated rings. The van der Waals surface area contributed by atoms with Gasteiger partial charge in [-0.3, -0.25) is 4.79 Å². The van der Waals surface area contributed by atoms with Gasteiger partial charge >= 0.3 is 0 Å². The third kappa shape index (κ3) is 4.34. The monoisotopic (exact) mass is 267 g/mol. The van der Waals surface area contributed by atoms with E-state index < -0.39 is 0 Å². The number of carbonyl (C=O) groups excluding carboxylic acids is 1. The van der Waals surface area contributed by atoms with Gasteiger partial charge in [0.15, 0.2) is 0 Å². The maximum Gasteiger partial charge on any atom is 0.224 e. The standard InChI is InChI=1S/C16H29NO2/c1-10(2)7-13-14(16(13,5)6)15(19)17-9-11(3)8-12(4)18/h7,11-14,18H,8-9H2,1-6H3,(H,17,19). The zero-order valence-electron chi connectivity index (χ0n) is 13.2. The Bertz CT molecular complexity index is 354. The molecule has 0 heterocycles. The molecule has 0 aromatic heterocycles. The fourth-order valence-electron chi connectivity index (χ4n) is 2.90. The molecule has 4 atom stereocenters. The quantitative estimate of drug-likeness (QED) is 0.727. The Balaban J connectivity index is 2.45. The van der Waals surface area contributed by atoms with Crippen molar-refractivity contribution in [3.05, 3.63) is 11.6 Å². The minimum Gasteiger partial charge on any atom is -0.393 e. The van der Waals surface area contributed by atoms with Crippen molar-refractivity contribution in [1.29, 1.82) is 0 Å². The van der Waals surface area contributed by atoms with Gasteiger partial charge in [0.05, 0.1) is 12.0 Å². The minimum absolute atomic E-state index is 0.0782. The van der Waals surface area contributed by atoms with Crippen LogP contribution in [0.2, 0.25) is 0 Å².